The molecule has 0 aromatic carbocycles. The molecular weight excluding hydrogens is 195 g/mol. The Kier molecular flexibility index (Phi) is 2.95. The minimum atomic E-state index is -4.42. The normalized spacial score (nSPS) is 12.6. The number of aromatic nitrogens is 2. The third kappa shape index (κ3) is 2.35. The van der Waals surface area contributed by atoms with Crippen LogP contribution in [0.25, 0.3) is 6.08 Å². The zero-order valence-electron chi connectivity index (χ0n) is 7.54. The van der Waals surface area contributed by atoms with E-state index in [-0.39, 0.29) is 12.1 Å². The van der Waals surface area contributed by atoms with E-state index in [0.29, 0.717) is 0 Å². The fourth-order valence-electron chi connectivity index (χ4n) is 1.04. The maximum atomic E-state index is 12.3. The number of hydrogen-bond donors (Lipinski definition) is 1. The van der Waals surface area contributed by atoms with Crippen LogP contribution < -0.4 is 5.73 Å². The number of hydrogen-bond acceptors (Lipinski definition) is 2. The topological polar surface area (TPSA) is 43.8 Å². The molecule has 1 heterocycles. The number of aryl methyl sites for hydroxylation is 1. The molecule has 0 saturated heterocycles. The highest BCUT2D eigenvalue weighted by molar-refractivity contribution is 5.51. The first-order valence-corrected chi connectivity index (χ1v) is 3.92. The summed E-state index contributed by atoms with van der Waals surface area (Å²) < 4.78 is 38.2. The molecule has 1 aromatic rings. The van der Waals surface area contributed by atoms with Gasteiger partial charge in [0.25, 0.3) is 0 Å². The van der Waals surface area contributed by atoms with E-state index in [2.05, 4.69) is 5.10 Å². The molecule has 0 radical (unpaired) electrons. The van der Waals surface area contributed by atoms with Crippen molar-refractivity contribution in [2.75, 3.05) is 6.54 Å². The molecule has 0 unspecified atom stereocenters. The standard InChI is InChI=1S/C8H10F3N3/c1-14-5-6(3-2-4-12)7(13-14)8(9,10)11/h2-3,5H,4,12H2,1H3/b3-2+. The molecule has 0 amide bonds. The lowest BCUT2D eigenvalue weighted by atomic mass is 10.2. The summed E-state index contributed by atoms with van der Waals surface area (Å²) in [5, 5.41) is 3.33. The predicted octanol–water partition coefficient (Wildman–Crippen LogP) is 1.41. The van der Waals surface area contributed by atoms with Gasteiger partial charge in [0.15, 0.2) is 5.69 Å². The molecule has 0 bridgehead atoms. The summed E-state index contributed by atoms with van der Waals surface area (Å²) in [5.74, 6) is 0. The van der Waals surface area contributed by atoms with E-state index in [9.17, 15) is 13.2 Å². The fraction of sp³-hybridized carbons (Fsp3) is 0.375. The Morgan fingerprint density at radius 2 is 2.21 bits per heavy atom. The lowest BCUT2D eigenvalue weighted by Gasteiger charge is -2.02. The van der Waals surface area contributed by atoms with Gasteiger partial charge in [-0.3, -0.25) is 4.68 Å². The van der Waals surface area contributed by atoms with Crippen LogP contribution in [0.3, 0.4) is 0 Å². The zero-order chi connectivity index (χ0) is 10.8. The van der Waals surface area contributed by atoms with E-state index in [4.69, 9.17) is 5.73 Å². The van der Waals surface area contributed by atoms with Crippen molar-refractivity contribution >= 4 is 6.08 Å². The van der Waals surface area contributed by atoms with E-state index >= 15 is 0 Å². The third-order valence-corrected chi connectivity index (χ3v) is 1.56. The summed E-state index contributed by atoms with van der Waals surface area (Å²) in [6.07, 6.45) is -0.355. The molecule has 14 heavy (non-hydrogen) atoms. The van der Waals surface area contributed by atoms with Crippen LogP contribution in [0.1, 0.15) is 11.3 Å². The summed E-state index contributed by atoms with van der Waals surface area (Å²) >= 11 is 0. The molecular formula is C8H10F3N3. The SMILES string of the molecule is Cn1cc(/C=C/CN)c(C(F)(F)F)n1. The molecule has 0 fully saturated rings. The van der Waals surface area contributed by atoms with Crippen molar-refractivity contribution in [1.82, 2.24) is 9.78 Å². The highest BCUT2D eigenvalue weighted by Gasteiger charge is 2.36. The second-order valence-electron chi connectivity index (χ2n) is 2.74. The van der Waals surface area contributed by atoms with Crippen molar-refractivity contribution in [2.45, 2.75) is 6.18 Å². The number of halogens is 3. The summed E-state index contributed by atoms with van der Waals surface area (Å²) in [7, 11) is 1.44. The van der Waals surface area contributed by atoms with Crippen LogP contribution >= 0.6 is 0 Å². The molecule has 6 heteroatoms. The van der Waals surface area contributed by atoms with Crippen LogP contribution in [0.2, 0.25) is 0 Å². The Morgan fingerprint density at radius 3 is 2.71 bits per heavy atom. The van der Waals surface area contributed by atoms with Crippen LogP contribution in [0.4, 0.5) is 13.2 Å². The van der Waals surface area contributed by atoms with Crippen LogP contribution in [-0.4, -0.2) is 16.3 Å². The van der Waals surface area contributed by atoms with Gasteiger partial charge in [-0.15, -0.1) is 0 Å². The van der Waals surface area contributed by atoms with Crippen molar-refractivity contribution in [3.63, 3.8) is 0 Å². The third-order valence-electron chi connectivity index (χ3n) is 1.56. The quantitative estimate of drug-likeness (QED) is 0.793. The molecule has 0 atom stereocenters. The molecule has 0 aliphatic carbocycles. The van der Waals surface area contributed by atoms with Gasteiger partial charge in [0.2, 0.25) is 0 Å². The van der Waals surface area contributed by atoms with Crippen LogP contribution in [0.5, 0.6) is 0 Å². The lowest BCUT2D eigenvalue weighted by Crippen LogP contribution is -2.08. The van der Waals surface area contributed by atoms with Crippen molar-refractivity contribution in [3.05, 3.63) is 23.5 Å². The molecule has 0 saturated carbocycles. The highest BCUT2D eigenvalue weighted by Crippen LogP contribution is 2.30. The van der Waals surface area contributed by atoms with E-state index in [1.165, 1.54) is 25.4 Å². The Labute approximate surface area is 79.0 Å². The minimum Gasteiger partial charge on any atom is -0.327 e. The maximum absolute atomic E-state index is 12.3. The fourth-order valence-corrected chi connectivity index (χ4v) is 1.04. The van der Waals surface area contributed by atoms with Gasteiger partial charge in [-0.25, -0.2) is 0 Å². The van der Waals surface area contributed by atoms with Crippen molar-refractivity contribution in [1.29, 1.82) is 0 Å². The minimum absolute atomic E-state index is 0.0328. The monoisotopic (exact) mass is 205 g/mol. The lowest BCUT2D eigenvalue weighted by molar-refractivity contribution is -0.141. The number of rotatable bonds is 2. The van der Waals surface area contributed by atoms with Gasteiger partial charge in [-0.2, -0.15) is 18.3 Å². The first kappa shape index (κ1) is 10.8. The van der Waals surface area contributed by atoms with Crippen LogP contribution in [0, 0.1) is 0 Å². The van der Waals surface area contributed by atoms with Gasteiger partial charge < -0.3 is 5.73 Å². The van der Waals surface area contributed by atoms with Gasteiger partial charge in [0.1, 0.15) is 0 Å². The van der Waals surface area contributed by atoms with E-state index < -0.39 is 11.9 Å². The van der Waals surface area contributed by atoms with Gasteiger partial charge in [0, 0.05) is 25.4 Å². The predicted molar refractivity (Wildman–Crippen MR) is 46.3 cm³/mol. The average molecular weight is 205 g/mol. The second kappa shape index (κ2) is 3.83. The smallest absolute Gasteiger partial charge is 0.327 e. The molecule has 0 spiro atoms. The number of nitrogens with zero attached hydrogens (tertiary/aromatic N) is 2. The Hall–Kier alpha value is -1.30. The summed E-state index contributed by atoms with van der Waals surface area (Å²) in [6, 6.07) is 0. The van der Waals surface area contributed by atoms with Crippen molar-refractivity contribution in [3.8, 4) is 0 Å². The first-order chi connectivity index (χ1) is 6.45. The van der Waals surface area contributed by atoms with Gasteiger partial charge >= 0.3 is 6.18 Å². The van der Waals surface area contributed by atoms with E-state index in [0.717, 1.165) is 4.68 Å². The Morgan fingerprint density at radius 1 is 1.57 bits per heavy atom. The Balaban J connectivity index is 3.09. The number of alkyl halides is 3. The molecule has 1 aromatic heterocycles. The van der Waals surface area contributed by atoms with E-state index in [1.54, 1.807) is 0 Å². The van der Waals surface area contributed by atoms with Crippen molar-refractivity contribution < 1.29 is 13.2 Å². The summed E-state index contributed by atoms with van der Waals surface area (Å²) in [6.45, 7) is 0.201. The Bertz CT molecular complexity index is 338. The summed E-state index contributed by atoms with van der Waals surface area (Å²) in [4.78, 5) is 0. The zero-order valence-corrected chi connectivity index (χ0v) is 7.54. The van der Waals surface area contributed by atoms with Crippen molar-refractivity contribution in [2.24, 2.45) is 12.8 Å². The maximum Gasteiger partial charge on any atom is 0.435 e. The van der Waals surface area contributed by atoms with Gasteiger partial charge in [-0.05, 0) is 0 Å². The van der Waals surface area contributed by atoms with Crippen LogP contribution in [0.15, 0.2) is 12.3 Å². The highest BCUT2D eigenvalue weighted by atomic mass is 19.4. The molecule has 2 N–H and O–H groups in total. The molecule has 0 aliphatic rings. The van der Waals surface area contributed by atoms with Gasteiger partial charge in [-0.1, -0.05) is 12.2 Å². The summed E-state index contributed by atoms with van der Waals surface area (Å²) in [5.41, 5.74) is 4.30. The van der Waals surface area contributed by atoms with Gasteiger partial charge in [0.05, 0.1) is 0 Å². The average Bonchev–Trinajstić information content (AvgIpc) is 2.42. The number of nitrogens with two attached hydrogens (primary N) is 1. The largest absolute Gasteiger partial charge is 0.435 e. The first-order valence-electron chi connectivity index (χ1n) is 3.92. The molecule has 3 nitrogen and oxygen atoms in total. The molecule has 0 aliphatic heterocycles. The second-order valence-corrected chi connectivity index (χ2v) is 2.74. The van der Waals surface area contributed by atoms with Crippen LogP contribution in [-0.2, 0) is 13.2 Å². The molecule has 78 valence electrons. The van der Waals surface area contributed by atoms with E-state index in [1.807, 2.05) is 0 Å². The molecule has 1 rings (SSSR count).